The second-order valence-corrected chi connectivity index (χ2v) is 6.81. The quantitative estimate of drug-likeness (QED) is 0.636. The van der Waals surface area contributed by atoms with E-state index < -0.39 is 0 Å². The Morgan fingerprint density at radius 3 is 2.80 bits per heavy atom. The molecule has 3 aromatic rings. The Hall–Kier alpha value is -2.24. The summed E-state index contributed by atoms with van der Waals surface area (Å²) in [5.41, 5.74) is 2.37. The molecule has 4 nitrogen and oxygen atoms in total. The second kappa shape index (κ2) is 8.23. The van der Waals surface area contributed by atoms with Crippen LogP contribution in [0.25, 0.3) is 0 Å². The Labute approximate surface area is 156 Å². The van der Waals surface area contributed by atoms with Gasteiger partial charge in [-0.05, 0) is 36.4 Å². The predicted octanol–water partition coefficient (Wildman–Crippen LogP) is 4.75. The van der Waals surface area contributed by atoms with E-state index in [0.717, 1.165) is 17.9 Å². The van der Waals surface area contributed by atoms with Crippen molar-refractivity contribution in [3.05, 3.63) is 77.1 Å². The molecule has 0 atom stereocenters. The van der Waals surface area contributed by atoms with Gasteiger partial charge in [0.2, 0.25) is 0 Å². The molecule has 1 heterocycles. The van der Waals surface area contributed by atoms with Crippen molar-refractivity contribution < 1.29 is 4.79 Å². The third-order valence-corrected chi connectivity index (χ3v) is 4.84. The van der Waals surface area contributed by atoms with Crippen molar-refractivity contribution in [1.82, 2.24) is 9.78 Å². The summed E-state index contributed by atoms with van der Waals surface area (Å²) < 4.78 is 1.82. The summed E-state index contributed by atoms with van der Waals surface area (Å²) in [6.07, 6.45) is 6.32. The zero-order valence-corrected chi connectivity index (χ0v) is 15.3. The first-order valence-corrected chi connectivity index (χ1v) is 9.47. The molecule has 0 saturated carbocycles. The number of rotatable bonds is 6. The van der Waals surface area contributed by atoms with Crippen LogP contribution in [0.4, 0.5) is 5.69 Å². The molecule has 0 aliphatic rings. The maximum Gasteiger partial charge on any atom is 0.257 e. The van der Waals surface area contributed by atoms with E-state index in [1.807, 2.05) is 41.4 Å². The van der Waals surface area contributed by atoms with E-state index in [1.54, 1.807) is 30.1 Å². The molecule has 2 aromatic carbocycles. The van der Waals surface area contributed by atoms with Crippen LogP contribution in [-0.4, -0.2) is 21.9 Å². The summed E-state index contributed by atoms with van der Waals surface area (Å²) in [7, 11) is 0. The van der Waals surface area contributed by atoms with Gasteiger partial charge >= 0.3 is 0 Å². The van der Waals surface area contributed by atoms with Crippen LogP contribution in [0, 0.1) is 0 Å². The summed E-state index contributed by atoms with van der Waals surface area (Å²) in [6.45, 7) is 0.753. The van der Waals surface area contributed by atoms with Gasteiger partial charge in [0.1, 0.15) is 0 Å². The number of carbonyl (C=O) groups is 1. The summed E-state index contributed by atoms with van der Waals surface area (Å²) in [5, 5.41) is 7.59. The highest BCUT2D eigenvalue weighted by molar-refractivity contribution is 7.98. The van der Waals surface area contributed by atoms with Crippen molar-refractivity contribution in [2.75, 3.05) is 11.6 Å². The lowest BCUT2D eigenvalue weighted by Crippen LogP contribution is -2.12. The highest BCUT2D eigenvalue weighted by Crippen LogP contribution is 2.24. The zero-order chi connectivity index (χ0) is 17.6. The lowest BCUT2D eigenvalue weighted by molar-refractivity contribution is 0.102. The van der Waals surface area contributed by atoms with Crippen molar-refractivity contribution in [2.45, 2.75) is 17.9 Å². The number of hydrogen-bond acceptors (Lipinski definition) is 3. The van der Waals surface area contributed by atoms with Gasteiger partial charge in [-0.3, -0.25) is 9.48 Å². The summed E-state index contributed by atoms with van der Waals surface area (Å²) in [6, 6.07) is 15.7. The standard InChI is InChI=1S/C19H18ClN3OS/c1-25-16-7-8-18(20)17(11-16)19(24)22-15-12-21-23(13-15)10-9-14-5-3-2-4-6-14/h2-8,11-13H,9-10H2,1H3,(H,22,24). The number of aryl methyl sites for hydroxylation is 2. The van der Waals surface area contributed by atoms with Crippen LogP contribution in [0.5, 0.6) is 0 Å². The van der Waals surface area contributed by atoms with E-state index >= 15 is 0 Å². The Kier molecular flexibility index (Phi) is 5.79. The number of hydrogen-bond donors (Lipinski definition) is 1. The maximum absolute atomic E-state index is 12.4. The van der Waals surface area contributed by atoms with Crippen molar-refractivity contribution in [3.8, 4) is 0 Å². The van der Waals surface area contributed by atoms with E-state index in [1.165, 1.54) is 5.56 Å². The van der Waals surface area contributed by atoms with Gasteiger partial charge in [0.15, 0.2) is 0 Å². The molecule has 0 aliphatic heterocycles. The van der Waals surface area contributed by atoms with E-state index in [4.69, 9.17) is 11.6 Å². The van der Waals surface area contributed by atoms with Crippen LogP contribution < -0.4 is 5.32 Å². The van der Waals surface area contributed by atoms with E-state index in [0.29, 0.717) is 16.3 Å². The van der Waals surface area contributed by atoms with Gasteiger partial charge in [-0.25, -0.2) is 0 Å². The monoisotopic (exact) mass is 371 g/mol. The van der Waals surface area contributed by atoms with Crippen LogP contribution >= 0.6 is 23.4 Å². The minimum Gasteiger partial charge on any atom is -0.319 e. The molecule has 0 radical (unpaired) electrons. The summed E-state index contributed by atoms with van der Waals surface area (Å²) in [4.78, 5) is 13.4. The molecule has 1 amide bonds. The van der Waals surface area contributed by atoms with Crippen LogP contribution in [0.15, 0.2) is 65.8 Å². The third kappa shape index (κ3) is 4.65. The average Bonchev–Trinajstić information content (AvgIpc) is 3.08. The first-order chi connectivity index (χ1) is 12.2. The first kappa shape index (κ1) is 17.6. The fourth-order valence-corrected chi connectivity index (χ4v) is 3.09. The molecule has 0 spiro atoms. The average molecular weight is 372 g/mol. The summed E-state index contributed by atoms with van der Waals surface area (Å²) in [5.74, 6) is -0.233. The number of benzene rings is 2. The van der Waals surface area contributed by atoms with Crippen molar-refractivity contribution in [3.63, 3.8) is 0 Å². The molecule has 3 rings (SSSR count). The van der Waals surface area contributed by atoms with Crippen LogP contribution in [-0.2, 0) is 13.0 Å². The molecular weight excluding hydrogens is 354 g/mol. The fraction of sp³-hybridized carbons (Fsp3) is 0.158. The SMILES string of the molecule is CSc1ccc(Cl)c(C(=O)Nc2cnn(CCc3ccccc3)c2)c1. The number of anilines is 1. The normalized spacial score (nSPS) is 10.6. The molecule has 0 fully saturated rings. The molecule has 0 bridgehead atoms. The topological polar surface area (TPSA) is 46.9 Å². The van der Waals surface area contributed by atoms with Gasteiger partial charge < -0.3 is 5.32 Å². The number of halogens is 1. The zero-order valence-electron chi connectivity index (χ0n) is 13.8. The molecule has 128 valence electrons. The molecule has 6 heteroatoms. The number of aromatic nitrogens is 2. The van der Waals surface area contributed by atoms with E-state index in [9.17, 15) is 4.79 Å². The van der Waals surface area contributed by atoms with Gasteiger partial charge in [-0.15, -0.1) is 11.8 Å². The number of carbonyl (C=O) groups excluding carboxylic acids is 1. The van der Waals surface area contributed by atoms with Gasteiger partial charge in [-0.2, -0.15) is 5.10 Å². The van der Waals surface area contributed by atoms with Crippen LogP contribution in [0.2, 0.25) is 5.02 Å². The molecular formula is C19H18ClN3OS. The molecule has 0 unspecified atom stereocenters. The largest absolute Gasteiger partial charge is 0.319 e. The van der Waals surface area contributed by atoms with Gasteiger partial charge in [-0.1, -0.05) is 41.9 Å². The van der Waals surface area contributed by atoms with Crippen molar-refractivity contribution in [2.24, 2.45) is 0 Å². The number of amides is 1. The minimum atomic E-state index is -0.233. The molecule has 0 aliphatic carbocycles. The first-order valence-electron chi connectivity index (χ1n) is 7.87. The van der Waals surface area contributed by atoms with E-state index in [2.05, 4.69) is 22.5 Å². The highest BCUT2D eigenvalue weighted by Gasteiger charge is 2.12. The highest BCUT2D eigenvalue weighted by atomic mass is 35.5. The second-order valence-electron chi connectivity index (χ2n) is 5.53. The van der Waals surface area contributed by atoms with Gasteiger partial charge in [0.25, 0.3) is 5.91 Å². The van der Waals surface area contributed by atoms with Crippen LogP contribution in [0.1, 0.15) is 15.9 Å². The maximum atomic E-state index is 12.4. The summed E-state index contributed by atoms with van der Waals surface area (Å²) >= 11 is 7.72. The lowest BCUT2D eigenvalue weighted by Gasteiger charge is -2.06. The molecule has 0 saturated heterocycles. The van der Waals surface area contributed by atoms with E-state index in [-0.39, 0.29) is 5.91 Å². The fourth-order valence-electron chi connectivity index (χ4n) is 2.44. The molecule has 1 N–H and O–H groups in total. The minimum absolute atomic E-state index is 0.233. The Balaban J connectivity index is 1.64. The lowest BCUT2D eigenvalue weighted by atomic mass is 10.1. The number of nitrogens with one attached hydrogen (secondary N) is 1. The Morgan fingerprint density at radius 1 is 1.24 bits per heavy atom. The van der Waals surface area contributed by atoms with Gasteiger partial charge in [0, 0.05) is 17.6 Å². The van der Waals surface area contributed by atoms with Crippen LogP contribution in [0.3, 0.4) is 0 Å². The number of nitrogens with zero attached hydrogens (tertiary/aromatic N) is 2. The third-order valence-electron chi connectivity index (χ3n) is 3.78. The molecule has 25 heavy (non-hydrogen) atoms. The number of thioether (sulfide) groups is 1. The predicted molar refractivity (Wildman–Crippen MR) is 104 cm³/mol. The molecule has 1 aromatic heterocycles. The van der Waals surface area contributed by atoms with Crippen molar-refractivity contribution in [1.29, 1.82) is 0 Å². The van der Waals surface area contributed by atoms with Crippen molar-refractivity contribution >= 4 is 35.0 Å². The van der Waals surface area contributed by atoms with Gasteiger partial charge in [0.05, 0.1) is 22.5 Å². The smallest absolute Gasteiger partial charge is 0.257 e. The Bertz CT molecular complexity index is 864. The Morgan fingerprint density at radius 2 is 2.04 bits per heavy atom.